The lowest BCUT2D eigenvalue weighted by molar-refractivity contribution is 1.59. The number of halogens is 2. The first kappa shape index (κ1) is 17.2. The topological polar surface area (TPSA) is 0 Å². The molecule has 27 heavy (non-hydrogen) atoms. The van der Waals surface area contributed by atoms with Gasteiger partial charge in [0.15, 0.2) is 0 Å². The van der Waals surface area contributed by atoms with Crippen molar-refractivity contribution in [1.82, 2.24) is 0 Å². The van der Waals surface area contributed by atoms with E-state index in [0.29, 0.717) is 0 Å². The van der Waals surface area contributed by atoms with Crippen LogP contribution in [0.2, 0.25) is 0 Å². The van der Waals surface area contributed by atoms with Crippen LogP contribution in [0.5, 0.6) is 0 Å². The SMILES string of the molecule is Brc1ccccc1-c1cc(-c2ccccc2Br)c2sc3ccccc3c2c1. The van der Waals surface area contributed by atoms with Crippen LogP contribution in [0, 0.1) is 0 Å². The molecule has 1 aromatic heterocycles. The molecule has 0 saturated carbocycles. The molecule has 1 heterocycles. The molecule has 0 unspecified atom stereocenters. The minimum Gasteiger partial charge on any atom is -0.135 e. The van der Waals surface area contributed by atoms with Gasteiger partial charge in [-0.3, -0.25) is 0 Å². The molecule has 0 nitrogen and oxygen atoms in total. The molecule has 5 rings (SSSR count). The Bertz CT molecular complexity index is 1300. The molecular formula is C24H14Br2S. The first-order valence-corrected chi connectivity index (χ1v) is 11.1. The van der Waals surface area contributed by atoms with Crippen LogP contribution in [-0.2, 0) is 0 Å². The van der Waals surface area contributed by atoms with Gasteiger partial charge in [0.1, 0.15) is 0 Å². The molecule has 130 valence electrons. The smallest absolute Gasteiger partial charge is 0.0434 e. The number of thiophene rings is 1. The molecule has 0 aliphatic rings. The van der Waals surface area contributed by atoms with Crippen molar-refractivity contribution in [2.75, 3.05) is 0 Å². The molecule has 3 heteroatoms. The van der Waals surface area contributed by atoms with Crippen molar-refractivity contribution in [3.8, 4) is 22.3 Å². The van der Waals surface area contributed by atoms with E-state index in [1.54, 1.807) is 0 Å². The number of hydrogen-bond donors (Lipinski definition) is 0. The number of benzene rings is 4. The highest BCUT2D eigenvalue weighted by atomic mass is 79.9. The van der Waals surface area contributed by atoms with Gasteiger partial charge in [-0.1, -0.05) is 86.5 Å². The minimum atomic E-state index is 1.11. The van der Waals surface area contributed by atoms with Crippen LogP contribution < -0.4 is 0 Å². The average molecular weight is 494 g/mol. The van der Waals surface area contributed by atoms with E-state index in [1.807, 2.05) is 11.3 Å². The van der Waals surface area contributed by atoms with Crippen LogP contribution >= 0.6 is 43.2 Å². The Labute approximate surface area is 178 Å². The van der Waals surface area contributed by atoms with E-state index in [2.05, 4.69) is 117 Å². The summed E-state index contributed by atoms with van der Waals surface area (Å²) < 4.78 is 4.89. The van der Waals surface area contributed by atoms with Crippen molar-refractivity contribution in [2.45, 2.75) is 0 Å². The summed E-state index contributed by atoms with van der Waals surface area (Å²) in [5.41, 5.74) is 4.93. The number of rotatable bonds is 2. The highest BCUT2D eigenvalue weighted by Gasteiger charge is 2.15. The molecule has 0 radical (unpaired) electrons. The van der Waals surface area contributed by atoms with Crippen LogP contribution in [0.3, 0.4) is 0 Å². The second-order valence-electron chi connectivity index (χ2n) is 6.46. The quantitative estimate of drug-likeness (QED) is 0.230. The van der Waals surface area contributed by atoms with E-state index < -0.39 is 0 Å². The largest absolute Gasteiger partial charge is 0.135 e. The standard InChI is InChI=1S/C24H14Br2S/c25-21-10-4-1-7-16(21)15-13-19(17-8-2-5-11-22(17)26)24-20(14-15)18-9-3-6-12-23(18)27-24/h1-14H. The van der Waals surface area contributed by atoms with Crippen molar-refractivity contribution in [2.24, 2.45) is 0 Å². The fraction of sp³-hybridized carbons (Fsp3) is 0. The Morgan fingerprint density at radius 3 is 1.93 bits per heavy atom. The van der Waals surface area contributed by atoms with Crippen LogP contribution in [0.25, 0.3) is 42.4 Å². The zero-order valence-electron chi connectivity index (χ0n) is 14.2. The van der Waals surface area contributed by atoms with E-state index in [1.165, 1.54) is 42.4 Å². The molecule has 5 aromatic rings. The summed E-state index contributed by atoms with van der Waals surface area (Å²) >= 11 is 9.35. The van der Waals surface area contributed by atoms with Gasteiger partial charge in [0, 0.05) is 34.7 Å². The number of hydrogen-bond acceptors (Lipinski definition) is 1. The molecule has 4 aromatic carbocycles. The maximum absolute atomic E-state index is 3.75. The van der Waals surface area contributed by atoms with E-state index in [-0.39, 0.29) is 0 Å². The molecule has 0 atom stereocenters. The maximum Gasteiger partial charge on any atom is 0.0434 e. The van der Waals surface area contributed by atoms with E-state index >= 15 is 0 Å². The normalized spacial score (nSPS) is 11.3. The van der Waals surface area contributed by atoms with Gasteiger partial charge in [-0.2, -0.15) is 0 Å². The Morgan fingerprint density at radius 1 is 0.556 bits per heavy atom. The predicted molar refractivity (Wildman–Crippen MR) is 126 cm³/mol. The van der Waals surface area contributed by atoms with Crippen LogP contribution in [0.4, 0.5) is 0 Å². The van der Waals surface area contributed by atoms with E-state index in [4.69, 9.17) is 0 Å². The molecule has 0 bridgehead atoms. The maximum atomic E-state index is 3.75. The molecule has 0 aliphatic heterocycles. The monoisotopic (exact) mass is 492 g/mol. The van der Waals surface area contributed by atoms with Gasteiger partial charge < -0.3 is 0 Å². The van der Waals surface area contributed by atoms with Crippen molar-refractivity contribution in [3.05, 3.63) is 93.9 Å². The second-order valence-corrected chi connectivity index (χ2v) is 9.22. The summed E-state index contributed by atoms with van der Waals surface area (Å²) in [6, 6.07) is 30.2. The van der Waals surface area contributed by atoms with Crippen molar-refractivity contribution < 1.29 is 0 Å². The van der Waals surface area contributed by atoms with Crippen LogP contribution in [0.15, 0.2) is 93.9 Å². The Kier molecular flexibility index (Phi) is 4.39. The fourth-order valence-corrected chi connectivity index (χ4v) is 5.78. The van der Waals surface area contributed by atoms with Crippen LogP contribution in [-0.4, -0.2) is 0 Å². The molecule has 0 spiro atoms. The lowest BCUT2D eigenvalue weighted by atomic mass is 9.96. The summed E-state index contributed by atoms with van der Waals surface area (Å²) in [5.74, 6) is 0. The third-order valence-corrected chi connectivity index (χ3v) is 7.43. The van der Waals surface area contributed by atoms with Gasteiger partial charge in [-0.05, 0) is 47.0 Å². The van der Waals surface area contributed by atoms with Crippen molar-refractivity contribution in [1.29, 1.82) is 0 Å². The summed E-state index contributed by atoms with van der Waals surface area (Å²) in [5, 5.41) is 2.63. The first-order chi connectivity index (χ1) is 13.2. The van der Waals surface area contributed by atoms with Crippen LogP contribution in [0.1, 0.15) is 0 Å². The number of fused-ring (bicyclic) bond motifs is 3. The van der Waals surface area contributed by atoms with Gasteiger partial charge in [0.2, 0.25) is 0 Å². The Hall–Kier alpha value is -1.94. The lowest BCUT2D eigenvalue weighted by Gasteiger charge is -2.11. The Morgan fingerprint density at radius 2 is 1.19 bits per heavy atom. The highest BCUT2D eigenvalue weighted by molar-refractivity contribution is 9.11. The van der Waals surface area contributed by atoms with Gasteiger partial charge in [-0.25, -0.2) is 0 Å². The minimum absolute atomic E-state index is 1.11. The summed E-state index contributed by atoms with van der Waals surface area (Å²) in [4.78, 5) is 0. The molecular weight excluding hydrogens is 480 g/mol. The predicted octanol–water partition coefficient (Wildman–Crippen LogP) is 8.91. The second kappa shape index (κ2) is 6.90. The molecule has 0 N–H and O–H groups in total. The zero-order valence-corrected chi connectivity index (χ0v) is 18.2. The third kappa shape index (κ3) is 2.94. The van der Waals surface area contributed by atoms with Crippen molar-refractivity contribution in [3.63, 3.8) is 0 Å². The van der Waals surface area contributed by atoms with Gasteiger partial charge in [0.25, 0.3) is 0 Å². The molecule has 0 aliphatic carbocycles. The summed E-state index contributed by atoms with van der Waals surface area (Å²) in [7, 11) is 0. The van der Waals surface area contributed by atoms with Gasteiger partial charge in [-0.15, -0.1) is 11.3 Å². The summed E-state index contributed by atoms with van der Waals surface area (Å²) in [6.07, 6.45) is 0. The van der Waals surface area contributed by atoms with Gasteiger partial charge >= 0.3 is 0 Å². The lowest BCUT2D eigenvalue weighted by Crippen LogP contribution is -1.85. The fourth-order valence-electron chi connectivity index (χ4n) is 3.56. The van der Waals surface area contributed by atoms with Crippen molar-refractivity contribution >= 4 is 63.4 Å². The first-order valence-electron chi connectivity index (χ1n) is 8.67. The highest BCUT2D eigenvalue weighted by Crippen LogP contribution is 2.44. The molecule has 0 amide bonds. The zero-order chi connectivity index (χ0) is 18.4. The molecule has 0 fully saturated rings. The van der Waals surface area contributed by atoms with Gasteiger partial charge in [0.05, 0.1) is 0 Å². The molecule has 0 saturated heterocycles. The Balaban J connectivity index is 1.92. The average Bonchev–Trinajstić information content (AvgIpc) is 3.07. The van der Waals surface area contributed by atoms with E-state index in [0.717, 1.165) is 8.95 Å². The third-order valence-electron chi connectivity index (χ3n) is 4.83. The van der Waals surface area contributed by atoms with E-state index in [9.17, 15) is 0 Å². The summed E-state index contributed by atoms with van der Waals surface area (Å²) in [6.45, 7) is 0.